The molecule has 1 aliphatic rings. The monoisotopic (exact) mass is 950 g/mol. The van der Waals surface area contributed by atoms with Crippen LogP contribution in [-0.2, 0) is 4.79 Å². The Morgan fingerprint density at radius 1 is 0.620 bits per heavy atom. The van der Waals surface area contributed by atoms with E-state index in [0.717, 1.165) is 108 Å². The SMILES string of the molecule is N#Cc1c(N2CCCCC2)ncc2cc3ccccc3nc12.N#Cc1c(NCC(=O)O)ncc2cc3ccccc3nc12.Nc1c(C(=O)CNc2ccccc2)sc2ncc3cc4ccccc4nc3c12. The molecule has 0 unspecified atom stereocenters. The van der Waals surface area contributed by atoms with Gasteiger partial charge in [0.25, 0.3) is 0 Å². The molecular formula is C55H42N12O3S. The molecule has 0 radical (unpaired) electrons. The maximum Gasteiger partial charge on any atom is 0.322 e. The van der Waals surface area contributed by atoms with Crippen molar-refractivity contribution in [2.45, 2.75) is 19.3 Å². The Labute approximate surface area is 409 Å². The number of nitrogens with one attached hydrogen (secondary N) is 2. The molecule has 0 aliphatic carbocycles. The number of aliphatic carboxylic acids is 1. The summed E-state index contributed by atoms with van der Waals surface area (Å²) in [5.41, 5.74) is 13.3. The number of rotatable bonds is 8. The number of nitrogens with two attached hydrogens (primary N) is 1. The average molecular weight is 951 g/mol. The van der Waals surface area contributed by atoms with Gasteiger partial charge in [-0.2, -0.15) is 10.5 Å². The number of ketones is 1. The van der Waals surface area contributed by atoms with Crippen LogP contribution in [0.1, 0.15) is 40.1 Å². The van der Waals surface area contributed by atoms with Crippen molar-refractivity contribution in [3.05, 3.63) is 156 Å². The lowest BCUT2D eigenvalue weighted by Gasteiger charge is -2.28. The molecule has 15 nitrogen and oxygen atoms in total. The molecule has 1 saturated heterocycles. The normalized spacial score (nSPS) is 12.2. The number of piperidine rings is 1. The van der Waals surface area contributed by atoms with Crippen molar-refractivity contribution in [1.82, 2.24) is 29.9 Å². The van der Waals surface area contributed by atoms with E-state index < -0.39 is 5.97 Å². The zero-order chi connectivity index (χ0) is 48.8. The third-order valence-electron chi connectivity index (χ3n) is 12.1. The Morgan fingerprint density at radius 3 is 1.73 bits per heavy atom. The number of nitrogens with zero attached hydrogens (tertiary/aromatic N) is 9. The van der Waals surface area contributed by atoms with Gasteiger partial charge in [-0.3, -0.25) is 9.59 Å². The summed E-state index contributed by atoms with van der Waals surface area (Å²) >= 11 is 1.32. The first-order valence-electron chi connectivity index (χ1n) is 22.8. The highest BCUT2D eigenvalue weighted by Crippen LogP contribution is 2.38. The van der Waals surface area contributed by atoms with E-state index in [4.69, 9.17) is 20.8 Å². The summed E-state index contributed by atoms with van der Waals surface area (Å²) in [5, 5.41) is 39.9. The van der Waals surface area contributed by atoms with Crippen LogP contribution in [-0.4, -0.2) is 72.9 Å². The summed E-state index contributed by atoms with van der Waals surface area (Å²) in [6, 6.07) is 43.5. The molecule has 0 amide bonds. The number of aromatic nitrogens is 6. The first-order chi connectivity index (χ1) is 34.8. The number of nitriles is 2. The number of hydrogen-bond donors (Lipinski definition) is 4. The van der Waals surface area contributed by atoms with Gasteiger partial charge in [-0.15, -0.1) is 11.3 Å². The van der Waals surface area contributed by atoms with Gasteiger partial charge in [-0.25, -0.2) is 29.9 Å². The molecule has 0 saturated carbocycles. The first kappa shape index (κ1) is 45.4. The highest BCUT2D eigenvalue weighted by Gasteiger charge is 2.21. The molecule has 0 bridgehead atoms. The maximum absolute atomic E-state index is 12.8. The fraction of sp³-hybridized carbons (Fsp3) is 0.127. The minimum atomic E-state index is -1.02. The van der Waals surface area contributed by atoms with Gasteiger partial charge in [0.15, 0.2) is 5.78 Å². The average Bonchev–Trinajstić information content (AvgIpc) is 3.76. The predicted molar refractivity (Wildman–Crippen MR) is 282 cm³/mol. The van der Waals surface area contributed by atoms with Crippen LogP contribution in [0.25, 0.3) is 75.6 Å². The van der Waals surface area contributed by atoms with Crippen LogP contribution < -0.4 is 21.3 Å². The van der Waals surface area contributed by atoms with Crippen LogP contribution in [0.2, 0.25) is 0 Å². The molecule has 16 heteroatoms. The number of para-hydroxylation sites is 4. The lowest BCUT2D eigenvalue weighted by Crippen LogP contribution is -2.30. The Hall–Kier alpha value is -9.38. The Morgan fingerprint density at radius 2 is 1.14 bits per heavy atom. The lowest BCUT2D eigenvalue weighted by atomic mass is 10.1. The summed E-state index contributed by atoms with van der Waals surface area (Å²) in [4.78, 5) is 54.1. The van der Waals surface area contributed by atoms with E-state index in [2.05, 4.69) is 53.7 Å². The number of benzene rings is 4. The first-order valence-corrected chi connectivity index (χ1v) is 23.6. The Balaban J connectivity index is 0.000000125. The molecule has 1 fully saturated rings. The molecule has 0 spiro atoms. The van der Waals surface area contributed by atoms with E-state index in [1.807, 2.05) is 121 Å². The van der Waals surface area contributed by atoms with Crippen LogP contribution in [0.5, 0.6) is 0 Å². The molecule has 11 aromatic rings. The number of carbonyl (C=O) groups excluding carboxylic acids is 1. The van der Waals surface area contributed by atoms with Crippen molar-refractivity contribution >= 4 is 122 Å². The molecule has 5 N–H and O–H groups in total. The van der Waals surface area contributed by atoms with Crippen LogP contribution in [0, 0.1) is 22.7 Å². The number of fused-ring (bicyclic) bond motifs is 8. The number of thiophene rings is 1. The Bertz CT molecular complexity index is 3940. The number of anilines is 4. The number of carboxylic acid groups (broad SMARTS) is 1. The van der Waals surface area contributed by atoms with E-state index >= 15 is 0 Å². The second kappa shape index (κ2) is 20.1. The minimum absolute atomic E-state index is 0.0571. The van der Waals surface area contributed by atoms with E-state index in [1.165, 1.54) is 17.8 Å². The van der Waals surface area contributed by atoms with Crippen LogP contribution in [0.3, 0.4) is 0 Å². The molecule has 4 aromatic carbocycles. The zero-order valence-corrected chi connectivity index (χ0v) is 38.8. The highest BCUT2D eigenvalue weighted by molar-refractivity contribution is 7.21. The summed E-state index contributed by atoms with van der Waals surface area (Å²) in [6.45, 7) is 1.82. The fourth-order valence-electron chi connectivity index (χ4n) is 8.66. The summed E-state index contributed by atoms with van der Waals surface area (Å²) in [5.74, 6) is -0.0572. The van der Waals surface area contributed by atoms with E-state index in [1.54, 1.807) is 12.4 Å². The number of nitrogen functional groups attached to an aromatic ring is 1. The maximum atomic E-state index is 12.8. The van der Waals surface area contributed by atoms with Crippen molar-refractivity contribution in [3.63, 3.8) is 0 Å². The zero-order valence-electron chi connectivity index (χ0n) is 38.0. The van der Waals surface area contributed by atoms with Crippen LogP contribution in [0.15, 0.2) is 140 Å². The third-order valence-corrected chi connectivity index (χ3v) is 13.3. The number of carboxylic acids is 1. The molecule has 8 heterocycles. The van der Waals surface area contributed by atoms with Crippen molar-refractivity contribution in [3.8, 4) is 12.1 Å². The van der Waals surface area contributed by atoms with Crippen molar-refractivity contribution in [2.75, 3.05) is 47.4 Å². The van der Waals surface area contributed by atoms with E-state index in [-0.39, 0.29) is 30.3 Å². The van der Waals surface area contributed by atoms with Gasteiger partial charge >= 0.3 is 5.97 Å². The van der Waals surface area contributed by atoms with Gasteiger partial charge < -0.3 is 26.4 Å². The van der Waals surface area contributed by atoms with Crippen LogP contribution in [0.4, 0.5) is 23.0 Å². The standard InChI is InChI=1S/C22H16N4OS.C18H16N4.C15H10N4O2/c23-19-18-20-14(10-13-6-4-5-9-16(13)26-20)11-25-22(18)28-21(19)17(27)12-24-15-7-2-1-3-8-15;19-11-15-17-14(10-13-6-2-3-7-16(13)21-17)12-20-18(15)22-8-4-1-5-9-22;16-6-11-14-10(7-17-15(11)18-8-13(20)21)5-9-3-1-2-4-12(9)19-14/h1-11,24H,12,23H2;2-3,6-7,10,12H,1,4-5,8-9H2;1-5,7H,8H2,(H,17,18)(H,20,21). The van der Waals surface area contributed by atoms with Crippen molar-refractivity contribution in [1.29, 1.82) is 10.5 Å². The van der Waals surface area contributed by atoms with Gasteiger partial charge in [0, 0.05) is 69.7 Å². The second-order valence-corrected chi connectivity index (χ2v) is 17.7. The summed E-state index contributed by atoms with van der Waals surface area (Å²) < 4.78 is 0. The number of Topliss-reactive ketones (excluding diaryl/α,β-unsaturated/α-hetero) is 1. The summed E-state index contributed by atoms with van der Waals surface area (Å²) in [7, 11) is 0. The van der Waals surface area contributed by atoms with Crippen molar-refractivity contribution < 1.29 is 14.7 Å². The second-order valence-electron chi connectivity index (χ2n) is 16.7. The van der Waals surface area contributed by atoms with Gasteiger partial charge in [0.05, 0.1) is 55.6 Å². The van der Waals surface area contributed by atoms with Crippen LogP contribution >= 0.6 is 11.3 Å². The molecule has 71 heavy (non-hydrogen) atoms. The number of pyridine rings is 6. The summed E-state index contributed by atoms with van der Waals surface area (Å²) in [6.07, 6.45) is 8.81. The quantitative estimate of drug-likeness (QED) is 0.0819. The predicted octanol–water partition coefficient (Wildman–Crippen LogP) is 10.7. The Kier molecular flexibility index (Phi) is 12.8. The van der Waals surface area contributed by atoms with Gasteiger partial charge in [0.2, 0.25) is 0 Å². The fourth-order valence-corrected chi connectivity index (χ4v) is 9.66. The van der Waals surface area contributed by atoms with E-state index in [9.17, 15) is 20.1 Å². The van der Waals surface area contributed by atoms with Crippen molar-refractivity contribution in [2.24, 2.45) is 0 Å². The topological polar surface area (TPSA) is 233 Å². The number of carbonyl (C=O) groups is 2. The molecule has 12 rings (SSSR count). The largest absolute Gasteiger partial charge is 0.480 e. The molecule has 1 aliphatic heterocycles. The highest BCUT2D eigenvalue weighted by atomic mass is 32.1. The van der Waals surface area contributed by atoms with Gasteiger partial charge in [0.1, 0.15) is 46.3 Å². The molecule has 0 atom stereocenters. The lowest BCUT2D eigenvalue weighted by molar-refractivity contribution is -0.134. The van der Waals surface area contributed by atoms with E-state index in [0.29, 0.717) is 21.6 Å². The smallest absolute Gasteiger partial charge is 0.322 e. The third kappa shape index (κ3) is 9.43. The van der Waals surface area contributed by atoms with Gasteiger partial charge in [-0.1, -0.05) is 72.8 Å². The number of hydrogen-bond acceptors (Lipinski definition) is 15. The molecule has 346 valence electrons. The molecular weight excluding hydrogens is 909 g/mol. The van der Waals surface area contributed by atoms with Gasteiger partial charge in [-0.05, 0) is 67.8 Å². The minimum Gasteiger partial charge on any atom is -0.480 e. The molecule has 7 aromatic heterocycles.